The van der Waals surface area contributed by atoms with Crippen molar-refractivity contribution in [1.29, 1.82) is 0 Å². The third kappa shape index (κ3) is 5.68. The van der Waals surface area contributed by atoms with Crippen molar-refractivity contribution < 1.29 is 9.59 Å². The SMILES string of the molecule is CCCC(=O)N1CSCC1C(=O)N(C)CC(C)(C)CN.Cl. The average molecular weight is 338 g/mol. The summed E-state index contributed by atoms with van der Waals surface area (Å²) in [6.07, 6.45) is 1.33. The number of rotatable bonds is 6. The molecule has 1 saturated heterocycles. The van der Waals surface area contributed by atoms with Crippen molar-refractivity contribution in [1.82, 2.24) is 9.80 Å². The molecule has 1 atom stereocenters. The number of hydrogen-bond donors (Lipinski definition) is 1. The Labute approximate surface area is 138 Å². The van der Waals surface area contributed by atoms with Crippen LogP contribution in [-0.2, 0) is 9.59 Å². The lowest BCUT2D eigenvalue weighted by Crippen LogP contribution is -2.50. The molecule has 21 heavy (non-hydrogen) atoms. The van der Waals surface area contributed by atoms with E-state index >= 15 is 0 Å². The van der Waals surface area contributed by atoms with Crippen molar-refractivity contribution in [3.63, 3.8) is 0 Å². The van der Waals surface area contributed by atoms with Crippen LogP contribution in [-0.4, -0.2) is 59.4 Å². The summed E-state index contributed by atoms with van der Waals surface area (Å²) in [6, 6.07) is -0.308. The topological polar surface area (TPSA) is 66.6 Å². The maximum absolute atomic E-state index is 12.5. The Morgan fingerprint density at radius 2 is 2.05 bits per heavy atom. The van der Waals surface area contributed by atoms with Crippen molar-refractivity contribution >= 4 is 36.0 Å². The summed E-state index contributed by atoms with van der Waals surface area (Å²) in [5, 5.41) is 0. The lowest BCUT2D eigenvalue weighted by molar-refractivity contribution is -0.143. The van der Waals surface area contributed by atoms with E-state index in [0.29, 0.717) is 31.1 Å². The van der Waals surface area contributed by atoms with Crippen LogP contribution in [0.5, 0.6) is 0 Å². The molecule has 0 aromatic carbocycles. The third-order valence-corrected chi connectivity index (χ3v) is 4.56. The normalized spacial score (nSPS) is 18.3. The molecule has 5 nitrogen and oxygen atoms in total. The molecule has 2 N–H and O–H groups in total. The molecule has 0 spiro atoms. The first-order chi connectivity index (χ1) is 9.32. The summed E-state index contributed by atoms with van der Waals surface area (Å²) in [7, 11) is 1.80. The van der Waals surface area contributed by atoms with Gasteiger partial charge in [-0.25, -0.2) is 0 Å². The largest absolute Gasteiger partial charge is 0.343 e. The van der Waals surface area contributed by atoms with E-state index in [-0.39, 0.29) is 35.7 Å². The summed E-state index contributed by atoms with van der Waals surface area (Å²) < 4.78 is 0. The molecule has 0 bridgehead atoms. The number of nitrogens with two attached hydrogens (primary N) is 1. The summed E-state index contributed by atoms with van der Waals surface area (Å²) in [6.45, 7) is 7.20. The molecule has 0 aromatic rings. The zero-order valence-corrected chi connectivity index (χ0v) is 15.1. The molecule has 1 rings (SSSR count). The Bertz CT molecular complexity index is 366. The lowest BCUT2D eigenvalue weighted by Gasteiger charge is -2.32. The second-order valence-electron chi connectivity index (χ2n) is 6.19. The maximum atomic E-state index is 12.5. The van der Waals surface area contributed by atoms with E-state index in [1.807, 2.05) is 20.8 Å². The lowest BCUT2D eigenvalue weighted by atomic mass is 9.93. The van der Waals surface area contributed by atoms with Crippen LogP contribution in [0.25, 0.3) is 0 Å². The van der Waals surface area contributed by atoms with E-state index in [0.717, 1.165) is 6.42 Å². The van der Waals surface area contributed by atoms with Gasteiger partial charge in [-0.3, -0.25) is 9.59 Å². The number of carbonyl (C=O) groups is 2. The highest BCUT2D eigenvalue weighted by Crippen LogP contribution is 2.24. The summed E-state index contributed by atoms with van der Waals surface area (Å²) >= 11 is 1.65. The van der Waals surface area contributed by atoms with Crippen LogP contribution in [0.1, 0.15) is 33.6 Å². The van der Waals surface area contributed by atoms with E-state index < -0.39 is 0 Å². The average Bonchev–Trinajstić information content (AvgIpc) is 2.86. The monoisotopic (exact) mass is 337 g/mol. The zero-order chi connectivity index (χ0) is 15.3. The Balaban J connectivity index is 0.00000400. The highest BCUT2D eigenvalue weighted by Gasteiger charge is 2.36. The molecule has 0 aromatic heterocycles. The van der Waals surface area contributed by atoms with Crippen molar-refractivity contribution in [2.45, 2.75) is 39.7 Å². The number of likely N-dealkylation sites (N-methyl/N-ethyl adjacent to an activating group) is 1. The molecule has 1 unspecified atom stereocenters. The van der Waals surface area contributed by atoms with E-state index in [1.165, 1.54) is 0 Å². The number of carbonyl (C=O) groups excluding carboxylic acids is 2. The molecular formula is C14H28ClN3O2S. The molecule has 2 amide bonds. The van der Waals surface area contributed by atoms with Gasteiger partial charge in [-0.15, -0.1) is 24.2 Å². The molecule has 0 radical (unpaired) electrons. The van der Waals surface area contributed by atoms with Crippen LogP contribution < -0.4 is 5.73 Å². The van der Waals surface area contributed by atoms with Gasteiger partial charge >= 0.3 is 0 Å². The minimum Gasteiger partial charge on any atom is -0.343 e. The van der Waals surface area contributed by atoms with Crippen LogP contribution in [0, 0.1) is 5.41 Å². The first kappa shape index (κ1) is 20.5. The molecule has 1 aliphatic heterocycles. The van der Waals surface area contributed by atoms with E-state index in [2.05, 4.69) is 0 Å². The zero-order valence-electron chi connectivity index (χ0n) is 13.4. The summed E-state index contributed by atoms with van der Waals surface area (Å²) in [5.74, 6) is 1.44. The maximum Gasteiger partial charge on any atom is 0.246 e. The van der Waals surface area contributed by atoms with Gasteiger partial charge < -0.3 is 15.5 Å². The van der Waals surface area contributed by atoms with Gasteiger partial charge in [-0.2, -0.15) is 0 Å². The Kier molecular flexibility index (Phi) is 8.66. The smallest absolute Gasteiger partial charge is 0.246 e. The van der Waals surface area contributed by atoms with Gasteiger partial charge in [-0.05, 0) is 18.4 Å². The standard InChI is InChI=1S/C14H27N3O2S.ClH/c1-5-6-12(18)17-10-20-7-11(17)13(19)16(4)9-14(2,3)8-15;/h11H,5-10,15H2,1-4H3;1H. The third-order valence-electron chi connectivity index (χ3n) is 3.55. The number of nitrogens with zero attached hydrogens (tertiary/aromatic N) is 2. The van der Waals surface area contributed by atoms with Crippen molar-refractivity contribution in [2.24, 2.45) is 11.1 Å². The van der Waals surface area contributed by atoms with Crippen molar-refractivity contribution in [3.8, 4) is 0 Å². The van der Waals surface area contributed by atoms with E-state index in [1.54, 1.807) is 28.6 Å². The minimum absolute atomic E-state index is 0. The van der Waals surface area contributed by atoms with Gasteiger partial charge in [-0.1, -0.05) is 20.8 Å². The summed E-state index contributed by atoms with van der Waals surface area (Å²) in [4.78, 5) is 28.0. The molecule has 0 saturated carbocycles. The molecular weight excluding hydrogens is 310 g/mol. The number of halogens is 1. The van der Waals surface area contributed by atoms with Gasteiger partial charge in [0.15, 0.2) is 0 Å². The minimum atomic E-state index is -0.308. The fourth-order valence-electron chi connectivity index (χ4n) is 2.29. The van der Waals surface area contributed by atoms with E-state index in [4.69, 9.17) is 5.73 Å². The molecule has 1 aliphatic rings. The highest BCUT2D eigenvalue weighted by molar-refractivity contribution is 7.99. The van der Waals surface area contributed by atoms with Gasteiger partial charge in [0.25, 0.3) is 0 Å². The van der Waals surface area contributed by atoms with Crippen LogP contribution in [0.15, 0.2) is 0 Å². The van der Waals surface area contributed by atoms with E-state index in [9.17, 15) is 9.59 Å². The summed E-state index contributed by atoms with van der Waals surface area (Å²) in [5.41, 5.74) is 5.61. The fraction of sp³-hybridized carbons (Fsp3) is 0.857. The van der Waals surface area contributed by atoms with Gasteiger partial charge in [0.2, 0.25) is 11.8 Å². The number of amides is 2. The number of hydrogen-bond acceptors (Lipinski definition) is 4. The second-order valence-corrected chi connectivity index (χ2v) is 7.19. The van der Waals surface area contributed by atoms with Crippen LogP contribution >= 0.6 is 24.2 Å². The Morgan fingerprint density at radius 1 is 1.43 bits per heavy atom. The van der Waals surface area contributed by atoms with Crippen LogP contribution in [0.4, 0.5) is 0 Å². The second kappa shape index (κ2) is 8.86. The Hall–Kier alpha value is -0.460. The predicted octanol–water partition coefficient (Wildman–Crippen LogP) is 1.55. The first-order valence-corrected chi connectivity index (χ1v) is 8.30. The van der Waals surface area contributed by atoms with Crippen LogP contribution in [0.3, 0.4) is 0 Å². The molecule has 1 heterocycles. The Morgan fingerprint density at radius 3 is 2.57 bits per heavy atom. The van der Waals surface area contributed by atoms with Gasteiger partial charge in [0.1, 0.15) is 6.04 Å². The fourth-order valence-corrected chi connectivity index (χ4v) is 3.46. The van der Waals surface area contributed by atoms with Gasteiger partial charge in [0.05, 0.1) is 5.88 Å². The predicted molar refractivity (Wildman–Crippen MR) is 90.6 cm³/mol. The number of thioether (sulfide) groups is 1. The van der Waals surface area contributed by atoms with Crippen LogP contribution in [0.2, 0.25) is 0 Å². The quantitative estimate of drug-likeness (QED) is 0.798. The van der Waals surface area contributed by atoms with Crippen molar-refractivity contribution in [2.75, 3.05) is 31.8 Å². The highest BCUT2D eigenvalue weighted by atomic mass is 35.5. The molecule has 0 aliphatic carbocycles. The van der Waals surface area contributed by atoms with Crippen molar-refractivity contribution in [3.05, 3.63) is 0 Å². The van der Waals surface area contributed by atoms with Gasteiger partial charge in [0, 0.05) is 25.8 Å². The molecule has 124 valence electrons. The molecule has 1 fully saturated rings. The molecule has 7 heteroatoms. The first-order valence-electron chi connectivity index (χ1n) is 7.14.